The number of hydrogen-bond donors (Lipinski definition) is 2. The standard InChI is InChI=1S/C12H22N4O/c1-15-6-7-16(12(15)14)10-4-2-9(3-5-10)8-11(13)17/h9-10,14H,2-8H2,1H3,(H2,13,17). The average Bonchev–Trinajstić information content (AvgIpc) is 2.60. The molecule has 1 saturated heterocycles. The quantitative estimate of drug-likeness (QED) is 0.756. The predicted octanol–water partition coefficient (Wildman–Crippen LogP) is 0.603. The molecule has 0 aromatic heterocycles. The van der Waals surface area contributed by atoms with E-state index in [0.29, 0.717) is 24.3 Å². The van der Waals surface area contributed by atoms with Gasteiger partial charge in [0, 0.05) is 32.6 Å². The van der Waals surface area contributed by atoms with Crippen LogP contribution in [0.3, 0.4) is 0 Å². The highest BCUT2D eigenvalue weighted by Gasteiger charge is 2.32. The van der Waals surface area contributed by atoms with Gasteiger partial charge in [0.2, 0.25) is 5.91 Å². The molecule has 3 N–H and O–H groups in total. The summed E-state index contributed by atoms with van der Waals surface area (Å²) in [4.78, 5) is 15.1. The maximum absolute atomic E-state index is 10.9. The van der Waals surface area contributed by atoms with Crippen molar-refractivity contribution in [3.05, 3.63) is 0 Å². The number of nitrogens with two attached hydrogens (primary N) is 1. The van der Waals surface area contributed by atoms with Gasteiger partial charge >= 0.3 is 0 Å². The Bertz CT molecular complexity index is 310. The van der Waals surface area contributed by atoms with Gasteiger partial charge in [-0.25, -0.2) is 0 Å². The zero-order valence-electron chi connectivity index (χ0n) is 10.5. The summed E-state index contributed by atoms with van der Waals surface area (Å²) in [6.45, 7) is 1.93. The first-order valence-corrected chi connectivity index (χ1v) is 6.42. The molecule has 2 fully saturated rings. The van der Waals surface area contributed by atoms with E-state index in [9.17, 15) is 4.79 Å². The van der Waals surface area contributed by atoms with Gasteiger partial charge in [0.1, 0.15) is 0 Å². The minimum Gasteiger partial charge on any atom is -0.370 e. The van der Waals surface area contributed by atoms with Gasteiger partial charge in [-0.15, -0.1) is 0 Å². The van der Waals surface area contributed by atoms with Gasteiger partial charge in [-0.3, -0.25) is 10.2 Å². The lowest BCUT2D eigenvalue weighted by Crippen LogP contribution is -2.41. The number of amides is 1. The van der Waals surface area contributed by atoms with E-state index in [0.717, 1.165) is 38.8 Å². The minimum absolute atomic E-state index is 0.179. The third-order valence-electron chi connectivity index (χ3n) is 4.06. The Balaban J connectivity index is 1.83. The van der Waals surface area contributed by atoms with Crippen LogP contribution in [0, 0.1) is 11.3 Å². The average molecular weight is 238 g/mol. The summed E-state index contributed by atoms with van der Waals surface area (Å²) in [6, 6.07) is 0.497. The van der Waals surface area contributed by atoms with Crippen molar-refractivity contribution in [1.82, 2.24) is 9.80 Å². The normalized spacial score (nSPS) is 29.8. The summed E-state index contributed by atoms with van der Waals surface area (Å²) >= 11 is 0. The second kappa shape index (κ2) is 4.94. The van der Waals surface area contributed by atoms with Gasteiger partial charge < -0.3 is 15.5 Å². The van der Waals surface area contributed by atoms with Gasteiger partial charge in [-0.2, -0.15) is 0 Å². The van der Waals surface area contributed by atoms with E-state index >= 15 is 0 Å². The van der Waals surface area contributed by atoms with Crippen LogP contribution in [-0.2, 0) is 4.79 Å². The number of carbonyl (C=O) groups excluding carboxylic acids is 1. The van der Waals surface area contributed by atoms with Gasteiger partial charge in [0.05, 0.1) is 0 Å². The van der Waals surface area contributed by atoms with Crippen molar-refractivity contribution in [3.8, 4) is 0 Å². The molecule has 5 nitrogen and oxygen atoms in total. The number of primary amides is 1. The monoisotopic (exact) mass is 238 g/mol. The number of hydrogen-bond acceptors (Lipinski definition) is 2. The summed E-state index contributed by atoms with van der Waals surface area (Å²) < 4.78 is 0. The van der Waals surface area contributed by atoms with E-state index in [1.807, 2.05) is 11.9 Å². The molecular weight excluding hydrogens is 216 g/mol. The number of likely N-dealkylation sites (N-methyl/N-ethyl adjacent to an activating group) is 1. The van der Waals surface area contributed by atoms with Crippen molar-refractivity contribution >= 4 is 11.9 Å². The molecule has 0 spiro atoms. The Labute approximate surface area is 102 Å². The SMILES string of the molecule is CN1CCN(C2CCC(CC(N)=O)CC2)C1=N. The van der Waals surface area contributed by atoms with E-state index in [-0.39, 0.29) is 5.91 Å². The van der Waals surface area contributed by atoms with E-state index in [1.165, 1.54) is 0 Å². The first kappa shape index (κ1) is 12.2. The van der Waals surface area contributed by atoms with Crippen LogP contribution in [0.15, 0.2) is 0 Å². The van der Waals surface area contributed by atoms with E-state index in [1.54, 1.807) is 0 Å². The Kier molecular flexibility index (Phi) is 3.54. The summed E-state index contributed by atoms with van der Waals surface area (Å²) in [6.07, 6.45) is 4.86. The fraction of sp³-hybridized carbons (Fsp3) is 0.833. The molecule has 17 heavy (non-hydrogen) atoms. The van der Waals surface area contributed by atoms with Crippen LogP contribution in [0.25, 0.3) is 0 Å². The van der Waals surface area contributed by atoms with E-state index < -0.39 is 0 Å². The molecule has 96 valence electrons. The Morgan fingerprint density at radius 1 is 1.35 bits per heavy atom. The zero-order chi connectivity index (χ0) is 12.4. The molecule has 5 heteroatoms. The topological polar surface area (TPSA) is 73.4 Å². The van der Waals surface area contributed by atoms with Gasteiger partial charge in [0.25, 0.3) is 0 Å². The molecule has 1 aliphatic carbocycles. The fourth-order valence-electron chi connectivity index (χ4n) is 2.99. The summed E-state index contributed by atoms with van der Waals surface area (Å²) in [5.74, 6) is 0.948. The molecule has 2 rings (SSSR count). The fourth-order valence-corrected chi connectivity index (χ4v) is 2.99. The second-order valence-electron chi connectivity index (χ2n) is 5.28. The van der Waals surface area contributed by atoms with E-state index in [4.69, 9.17) is 11.1 Å². The molecule has 0 bridgehead atoms. The van der Waals surface area contributed by atoms with Crippen molar-refractivity contribution in [1.29, 1.82) is 5.41 Å². The van der Waals surface area contributed by atoms with Crippen molar-refractivity contribution in [2.24, 2.45) is 11.7 Å². The van der Waals surface area contributed by atoms with Crippen LogP contribution in [-0.4, -0.2) is 47.8 Å². The van der Waals surface area contributed by atoms with Crippen LogP contribution in [0.5, 0.6) is 0 Å². The van der Waals surface area contributed by atoms with Crippen molar-refractivity contribution in [2.45, 2.75) is 38.1 Å². The molecule has 0 atom stereocenters. The van der Waals surface area contributed by atoms with Gasteiger partial charge in [-0.1, -0.05) is 0 Å². The Morgan fingerprint density at radius 3 is 2.47 bits per heavy atom. The molecule has 2 aliphatic rings. The molecule has 1 amide bonds. The summed E-state index contributed by atoms with van der Waals surface area (Å²) in [5.41, 5.74) is 5.23. The third-order valence-corrected chi connectivity index (χ3v) is 4.06. The maximum atomic E-state index is 10.9. The molecule has 0 aromatic carbocycles. The van der Waals surface area contributed by atoms with Crippen molar-refractivity contribution in [2.75, 3.05) is 20.1 Å². The predicted molar refractivity (Wildman–Crippen MR) is 66.6 cm³/mol. The zero-order valence-corrected chi connectivity index (χ0v) is 10.5. The van der Waals surface area contributed by atoms with Gasteiger partial charge in [0.15, 0.2) is 5.96 Å². The lowest BCUT2D eigenvalue weighted by molar-refractivity contribution is -0.119. The second-order valence-corrected chi connectivity index (χ2v) is 5.28. The molecule has 1 heterocycles. The molecule has 1 aliphatic heterocycles. The van der Waals surface area contributed by atoms with Gasteiger partial charge in [-0.05, 0) is 31.6 Å². The maximum Gasteiger partial charge on any atom is 0.217 e. The lowest BCUT2D eigenvalue weighted by atomic mass is 9.83. The summed E-state index contributed by atoms with van der Waals surface area (Å²) in [7, 11) is 1.97. The first-order valence-electron chi connectivity index (χ1n) is 6.42. The van der Waals surface area contributed by atoms with Crippen LogP contribution in [0.4, 0.5) is 0 Å². The minimum atomic E-state index is -0.179. The van der Waals surface area contributed by atoms with E-state index in [2.05, 4.69) is 4.90 Å². The Hall–Kier alpha value is -1.26. The largest absolute Gasteiger partial charge is 0.370 e. The van der Waals surface area contributed by atoms with Crippen LogP contribution < -0.4 is 5.73 Å². The smallest absolute Gasteiger partial charge is 0.217 e. The van der Waals surface area contributed by atoms with Crippen LogP contribution in [0.1, 0.15) is 32.1 Å². The molecule has 0 unspecified atom stereocenters. The third kappa shape index (κ3) is 2.70. The van der Waals surface area contributed by atoms with Crippen LogP contribution >= 0.6 is 0 Å². The Morgan fingerprint density at radius 2 is 2.00 bits per heavy atom. The highest BCUT2D eigenvalue weighted by Crippen LogP contribution is 2.30. The molecule has 0 radical (unpaired) electrons. The number of nitrogens with zero attached hydrogens (tertiary/aromatic N) is 2. The highest BCUT2D eigenvalue weighted by molar-refractivity contribution is 5.79. The molecule has 0 aromatic rings. The molecule has 1 saturated carbocycles. The van der Waals surface area contributed by atoms with Crippen molar-refractivity contribution in [3.63, 3.8) is 0 Å². The number of rotatable bonds is 3. The number of nitrogens with one attached hydrogen (secondary N) is 1. The molecular formula is C12H22N4O. The highest BCUT2D eigenvalue weighted by atomic mass is 16.1. The number of guanidine groups is 1. The summed E-state index contributed by atoms with van der Waals surface area (Å²) in [5, 5.41) is 7.99. The van der Waals surface area contributed by atoms with Crippen molar-refractivity contribution < 1.29 is 4.79 Å². The first-order chi connectivity index (χ1) is 8.08. The van der Waals surface area contributed by atoms with Crippen LogP contribution in [0.2, 0.25) is 0 Å². The number of carbonyl (C=O) groups is 1. The lowest BCUT2D eigenvalue weighted by Gasteiger charge is -2.35.